The van der Waals surface area contributed by atoms with E-state index in [1.165, 1.54) is 0 Å². The number of benzene rings is 1. The molecule has 0 saturated heterocycles. The first-order chi connectivity index (χ1) is 9.08. The van der Waals surface area contributed by atoms with Gasteiger partial charge in [-0.05, 0) is 29.5 Å². The molecule has 0 aliphatic rings. The number of aromatic nitrogens is 3. The number of hydrogen-bond donors (Lipinski definition) is 1. The molecule has 1 heterocycles. The molecule has 0 atom stereocenters. The second kappa shape index (κ2) is 6.41. The SMILES string of the molecule is CC(C)NCc1c(Cl)cccc1Sc1nncn1C. The quantitative estimate of drug-likeness (QED) is 0.920. The van der Waals surface area contributed by atoms with E-state index >= 15 is 0 Å². The molecule has 0 unspecified atom stereocenters. The van der Waals surface area contributed by atoms with Crippen LogP contribution >= 0.6 is 23.4 Å². The van der Waals surface area contributed by atoms with Crippen molar-refractivity contribution in [2.45, 2.75) is 36.5 Å². The van der Waals surface area contributed by atoms with Crippen LogP contribution in [0.3, 0.4) is 0 Å². The lowest BCUT2D eigenvalue weighted by atomic mass is 10.2. The van der Waals surface area contributed by atoms with E-state index in [-0.39, 0.29) is 0 Å². The van der Waals surface area contributed by atoms with Gasteiger partial charge in [0.15, 0.2) is 5.16 Å². The Hall–Kier alpha value is -1.04. The predicted molar refractivity (Wildman–Crippen MR) is 78.6 cm³/mol. The molecule has 0 aliphatic heterocycles. The Morgan fingerprint density at radius 3 is 2.84 bits per heavy atom. The highest BCUT2D eigenvalue weighted by atomic mass is 35.5. The van der Waals surface area contributed by atoms with E-state index in [1.54, 1.807) is 18.1 Å². The van der Waals surface area contributed by atoms with Crippen LogP contribution in [0.25, 0.3) is 0 Å². The lowest BCUT2D eigenvalue weighted by Crippen LogP contribution is -2.22. The number of nitrogens with one attached hydrogen (secondary N) is 1. The van der Waals surface area contributed by atoms with Crippen molar-refractivity contribution in [1.82, 2.24) is 20.1 Å². The van der Waals surface area contributed by atoms with Gasteiger partial charge in [-0.3, -0.25) is 0 Å². The summed E-state index contributed by atoms with van der Waals surface area (Å²) in [5.74, 6) is 0. The van der Waals surface area contributed by atoms with Crippen LogP contribution in [-0.4, -0.2) is 20.8 Å². The van der Waals surface area contributed by atoms with Gasteiger partial charge >= 0.3 is 0 Å². The Bertz CT molecular complexity index is 553. The summed E-state index contributed by atoms with van der Waals surface area (Å²) in [6.07, 6.45) is 1.69. The largest absolute Gasteiger partial charge is 0.311 e. The predicted octanol–water partition coefficient (Wildman–Crippen LogP) is 3.12. The molecule has 0 saturated carbocycles. The monoisotopic (exact) mass is 296 g/mol. The topological polar surface area (TPSA) is 42.7 Å². The molecule has 19 heavy (non-hydrogen) atoms. The third-order valence-electron chi connectivity index (χ3n) is 2.63. The Morgan fingerprint density at radius 1 is 1.42 bits per heavy atom. The highest BCUT2D eigenvalue weighted by Crippen LogP contribution is 2.32. The van der Waals surface area contributed by atoms with E-state index in [0.717, 1.165) is 27.2 Å². The molecule has 0 fully saturated rings. The number of nitrogens with zero attached hydrogens (tertiary/aromatic N) is 3. The summed E-state index contributed by atoms with van der Waals surface area (Å²) in [4.78, 5) is 1.11. The minimum absolute atomic E-state index is 0.420. The van der Waals surface area contributed by atoms with Gasteiger partial charge in [-0.1, -0.05) is 31.5 Å². The van der Waals surface area contributed by atoms with Gasteiger partial charge < -0.3 is 9.88 Å². The zero-order valence-corrected chi connectivity index (χ0v) is 12.8. The number of rotatable bonds is 5. The number of hydrogen-bond acceptors (Lipinski definition) is 4. The van der Waals surface area contributed by atoms with E-state index in [0.29, 0.717) is 6.04 Å². The summed E-state index contributed by atoms with van der Waals surface area (Å²) < 4.78 is 1.89. The van der Waals surface area contributed by atoms with Crippen LogP contribution in [0.5, 0.6) is 0 Å². The van der Waals surface area contributed by atoms with Crippen molar-refractivity contribution in [3.05, 3.63) is 35.1 Å². The number of aryl methyl sites for hydroxylation is 1. The lowest BCUT2D eigenvalue weighted by Gasteiger charge is -2.13. The van der Waals surface area contributed by atoms with Gasteiger partial charge in [-0.2, -0.15) is 0 Å². The molecule has 0 bridgehead atoms. The molecule has 0 amide bonds. The molecular formula is C13H17ClN4S. The van der Waals surface area contributed by atoms with Crippen molar-refractivity contribution in [2.75, 3.05) is 0 Å². The van der Waals surface area contributed by atoms with E-state index in [1.807, 2.05) is 23.7 Å². The maximum atomic E-state index is 6.30. The third-order valence-corrected chi connectivity index (χ3v) is 4.14. The molecule has 0 aliphatic carbocycles. The maximum absolute atomic E-state index is 6.30. The maximum Gasteiger partial charge on any atom is 0.195 e. The minimum atomic E-state index is 0.420. The van der Waals surface area contributed by atoms with Crippen LogP contribution < -0.4 is 5.32 Å². The van der Waals surface area contributed by atoms with Crippen LogP contribution in [0, 0.1) is 0 Å². The van der Waals surface area contributed by atoms with E-state index in [4.69, 9.17) is 11.6 Å². The highest BCUT2D eigenvalue weighted by molar-refractivity contribution is 7.99. The molecule has 102 valence electrons. The van der Waals surface area contributed by atoms with Gasteiger partial charge in [0.25, 0.3) is 0 Å². The van der Waals surface area contributed by atoms with Crippen molar-refractivity contribution >= 4 is 23.4 Å². The molecule has 6 heteroatoms. The zero-order valence-electron chi connectivity index (χ0n) is 11.2. The Morgan fingerprint density at radius 2 is 2.21 bits per heavy atom. The molecule has 4 nitrogen and oxygen atoms in total. The summed E-state index contributed by atoms with van der Waals surface area (Å²) >= 11 is 7.87. The molecular weight excluding hydrogens is 280 g/mol. The summed E-state index contributed by atoms with van der Waals surface area (Å²) in [5, 5.41) is 13.0. The Labute approximate surface area is 122 Å². The van der Waals surface area contributed by atoms with E-state index in [2.05, 4.69) is 35.4 Å². The van der Waals surface area contributed by atoms with Crippen LogP contribution in [0.2, 0.25) is 5.02 Å². The molecule has 2 aromatic rings. The van der Waals surface area contributed by atoms with Crippen molar-refractivity contribution in [3.63, 3.8) is 0 Å². The van der Waals surface area contributed by atoms with Crippen molar-refractivity contribution in [2.24, 2.45) is 7.05 Å². The van der Waals surface area contributed by atoms with Gasteiger partial charge in [0.1, 0.15) is 6.33 Å². The number of halogens is 1. The fourth-order valence-corrected chi connectivity index (χ4v) is 2.80. The van der Waals surface area contributed by atoms with Crippen LogP contribution in [-0.2, 0) is 13.6 Å². The van der Waals surface area contributed by atoms with Gasteiger partial charge in [-0.25, -0.2) is 0 Å². The molecule has 1 aromatic carbocycles. The van der Waals surface area contributed by atoms with Crippen LogP contribution in [0.1, 0.15) is 19.4 Å². The van der Waals surface area contributed by atoms with Crippen molar-refractivity contribution in [3.8, 4) is 0 Å². The third kappa shape index (κ3) is 3.72. The van der Waals surface area contributed by atoms with Gasteiger partial charge in [0.05, 0.1) is 0 Å². The Kier molecular flexibility index (Phi) is 4.85. The smallest absolute Gasteiger partial charge is 0.195 e. The van der Waals surface area contributed by atoms with E-state index in [9.17, 15) is 0 Å². The summed E-state index contributed by atoms with van der Waals surface area (Å²) in [6.45, 7) is 4.98. The normalized spacial score (nSPS) is 11.2. The first kappa shape index (κ1) is 14.4. The van der Waals surface area contributed by atoms with E-state index < -0.39 is 0 Å². The second-order valence-corrected chi connectivity index (χ2v) is 5.99. The molecule has 0 radical (unpaired) electrons. The molecule has 1 N–H and O–H groups in total. The van der Waals surface area contributed by atoms with Gasteiger partial charge in [-0.15, -0.1) is 10.2 Å². The van der Waals surface area contributed by atoms with Gasteiger partial charge in [0.2, 0.25) is 0 Å². The first-order valence-corrected chi connectivity index (χ1v) is 7.30. The second-order valence-electron chi connectivity index (χ2n) is 4.58. The molecule has 0 spiro atoms. The minimum Gasteiger partial charge on any atom is -0.311 e. The molecule has 1 aromatic heterocycles. The summed E-state index contributed by atoms with van der Waals surface area (Å²) in [6, 6.07) is 6.35. The highest BCUT2D eigenvalue weighted by Gasteiger charge is 2.11. The average Bonchev–Trinajstić information content (AvgIpc) is 2.74. The summed E-state index contributed by atoms with van der Waals surface area (Å²) in [5.41, 5.74) is 1.10. The zero-order chi connectivity index (χ0) is 13.8. The summed E-state index contributed by atoms with van der Waals surface area (Å²) in [7, 11) is 1.93. The first-order valence-electron chi connectivity index (χ1n) is 6.10. The fourth-order valence-electron chi connectivity index (χ4n) is 1.58. The standard InChI is InChI=1S/C13H17ClN4S/c1-9(2)15-7-10-11(14)5-4-6-12(10)19-13-17-16-8-18(13)3/h4-6,8-9,15H,7H2,1-3H3. The average molecular weight is 297 g/mol. The van der Waals surface area contributed by atoms with Crippen molar-refractivity contribution in [1.29, 1.82) is 0 Å². The molecule has 2 rings (SSSR count). The Balaban J connectivity index is 2.24. The van der Waals surface area contributed by atoms with Gasteiger partial charge in [0, 0.05) is 29.6 Å². The van der Waals surface area contributed by atoms with Crippen LogP contribution in [0.15, 0.2) is 34.6 Å². The fraction of sp³-hybridized carbons (Fsp3) is 0.385. The van der Waals surface area contributed by atoms with Crippen LogP contribution in [0.4, 0.5) is 0 Å². The van der Waals surface area contributed by atoms with Crippen molar-refractivity contribution < 1.29 is 0 Å². The lowest BCUT2D eigenvalue weighted by molar-refractivity contribution is 0.585.